The number of benzene rings is 3. The number of rotatable bonds is 11. The monoisotopic (exact) mass is 542 g/mol. The molecule has 0 unspecified atom stereocenters. The quantitative estimate of drug-likeness (QED) is 0.290. The third-order valence-electron chi connectivity index (χ3n) is 6.62. The largest absolute Gasteiger partial charge is 0.497 e. The van der Waals surface area contributed by atoms with Crippen molar-refractivity contribution in [3.63, 3.8) is 0 Å². The number of aromatic nitrogens is 2. The summed E-state index contributed by atoms with van der Waals surface area (Å²) in [7, 11) is 4.71. The van der Waals surface area contributed by atoms with E-state index in [0.717, 1.165) is 28.1 Å². The van der Waals surface area contributed by atoms with Crippen molar-refractivity contribution in [2.45, 2.75) is 13.8 Å². The Balaban J connectivity index is 1.63. The molecule has 0 fully saturated rings. The van der Waals surface area contributed by atoms with Gasteiger partial charge in [-0.25, -0.2) is 4.98 Å². The highest BCUT2D eigenvalue weighted by atomic mass is 16.5. The summed E-state index contributed by atoms with van der Waals surface area (Å²) in [5.41, 5.74) is 5.10. The van der Waals surface area contributed by atoms with E-state index in [4.69, 9.17) is 19.2 Å². The van der Waals surface area contributed by atoms with E-state index in [-0.39, 0.29) is 31.5 Å². The van der Waals surface area contributed by atoms with Crippen LogP contribution in [0.2, 0.25) is 0 Å². The molecule has 0 radical (unpaired) electrons. The summed E-state index contributed by atoms with van der Waals surface area (Å²) in [6.07, 6.45) is 1.88. The molecule has 40 heavy (non-hydrogen) atoms. The van der Waals surface area contributed by atoms with Crippen molar-refractivity contribution in [2.24, 2.45) is 0 Å². The fourth-order valence-corrected chi connectivity index (χ4v) is 4.17. The summed E-state index contributed by atoms with van der Waals surface area (Å²) in [5, 5.41) is 2.92. The predicted molar refractivity (Wildman–Crippen MR) is 154 cm³/mol. The Kier molecular flexibility index (Phi) is 9.19. The van der Waals surface area contributed by atoms with Gasteiger partial charge in [-0.05, 0) is 79.6 Å². The van der Waals surface area contributed by atoms with Gasteiger partial charge in [0.2, 0.25) is 11.9 Å². The lowest BCUT2D eigenvalue weighted by molar-refractivity contribution is -0.117. The van der Waals surface area contributed by atoms with Crippen LogP contribution in [0.25, 0.3) is 16.9 Å². The smallest absolute Gasteiger partial charge is 0.254 e. The Hall–Kier alpha value is -4.63. The Morgan fingerprint density at radius 1 is 0.900 bits per heavy atom. The number of carbonyl (C=O) groups excluding carboxylic acids is 2. The number of amides is 2. The van der Waals surface area contributed by atoms with Gasteiger partial charge in [0.1, 0.15) is 18.0 Å². The van der Waals surface area contributed by atoms with E-state index in [9.17, 15) is 9.59 Å². The maximum atomic E-state index is 13.3. The number of hydrogen-bond acceptors (Lipinski definition) is 6. The molecular weight excluding hydrogens is 508 g/mol. The average Bonchev–Trinajstić information content (AvgIpc) is 3.39. The van der Waals surface area contributed by atoms with Gasteiger partial charge in [-0.2, -0.15) is 0 Å². The molecule has 4 aromatic rings. The highest BCUT2D eigenvalue weighted by Crippen LogP contribution is 2.27. The van der Waals surface area contributed by atoms with E-state index in [1.165, 1.54) is 12.0 Å². The zero-order valence-electron chi connectivity index (χ0n) is 23.4. The van der Waals surface area contributed by atoms with Crippen molar-refractivity contribution >= 4 is 17.8 Å². The minimum atomic E-state index is -0.385. The lowest BCUT2D eigenvalue weighted by Crippen LogP contribution is -2.40. The summed E-state index contributed by atoms with van der Waals surface area (Å²) < 4.78 is 17.6. The number of anilines is 1. The lowest BCUT2D eigenvalue weighted by atomic mass is 10.1. The standard InChI is InChI=1S/C31H34N4O5/c1-21-9-12-25(17-22(21)2)35-19-28(23-10-13-26(39-4)14-11-23)32-31(35)33-29(36)20-34(15-16-38-3)30(37)24-7-6-8-27(18-24)40-5/h6-14,17-19H,15-16,20H2,1-5H3,(H,32,33,36). The molecule has 0 saturated carbocycles. The second kappa shape index (κ2) is 12.9. The number of nitrogens with one attached hydrogen (secondary N) is 1. The normalized spacial score (nSPS) is 10.7. The molecule has 1 aromatic heterocycles. The molecule has 0 spiro atoms. The number of nitrogens with zero attached hydrogens (tertiary/aromatic N) is 3. The van der Waals surface area contributed by atoms with Crippen molar-refractivity contribution in [3.05, 3.63) is 89.6 Å². The molecule has 0 aliphatic rings. The van der Waals surface area contributed by atoms with Crippen molar-refractivity contribution in [1.29, 1.82) is 0 Å². The van der Waals surface area contributed by atoms with Gasteiger partial charge < -0.3 is 19.1 Å². The van der Waals surface area contributed by atoms with Crippen molar-refractivity contribution < 1.29 is 23.8 Å². The summed E-state index contributed by atoms with van der Waals surface area (Å²) in [5.74, 6) is 0.956. The minimum absolute atomic E-state index is 0.183. The zero-order chi connectivity index (χ0) is 28.6. The Morgan fingerprint density at radius 3 is 2.33 bits per heavy atom. The molecule has 0 bridgehead atoms. The average molecular weight is 543 g/mol. The van der Waals surface area contributed by atoms with E-state index < -0.39 is 0 Å². The third kappa shape index (κ3) is 6.68. The molecule has 208 valence electrons. The molecule has 4 rings (SSSR count). The van der Waals surface area contributed by atoms with Gasteiger partial charge in [0.25, 0.3) is 5.91 Å². The van der Waals surface area contributed by atoms with E-state index in [1.807, 2.05) is 67.1 Å². The topological polar surface area (TPSA) is 94.9 Å². The third-order valence-corrected chi connectivity index (χ3v) is 6.62. The van der Waals surface area contributed by atoms with Crippen molar-refractivity contribution in [3.8, 4) is 28.4 Å². The number of aryl methyl sites for hydroxylation is 2. The second-order valence-corrected chi connectivity index (χ2v) is 9.32. The van der Waals surface area contributed by atoms with Gasteiger partial charge in [0.15, 0.2) is 0 Å². The maximum absolute atomic E-state index is 13.3. The molecule has 2 amide bonds. The number of carbonyl (C=O) groups is 2. The van der Waals surface area contributed by atoms with Crippen molar-refractivity contribution in [2.75, 3.05) is 46.3 Å². The first kappa shape index (κ1) is 28.4. The molecule has 0 saturated heterocycles. The fourth-order valence-electron chi connectivity index (χ4n) is 4.17. The molecule has 0 aliphatic carbocycles. The van der Waals surface area contributed by atoms with Gasteiger partial charge in [-0.15, -0.1) is 0 Å². The van der Waals surface area contributed by atoms with E-state index in [0.29, 0.717) is 23.0 Å². The highest BCUT2D eigenvalue weighted by molar-refractivity contribution is 5.99. The molecule has 1 N–H and O–H groups in total. The SMILES string of the molecule is COCCN(CC(=O)Nc1nc(-c2ccc(OC)cc2)cn1-c1ccc(C)c(C)c1)C(=O)c1cccc(OC)c1. The van der Waals surface area contributed by atoms with E-state index in [2.05, 4.69) is 5.32 Å². The molecule has 9 heteroatoms. The minimum Gasteiger partial charge on any atom is -0.497 e. The molecule has 1 heterocycles. The van der Waals surface area contributed by atoms with E-state index >= 15 is 0 Å². The lowest BCUT2D eigenvalue weighted by Gasteiger charge is -2.22. The van der Waals surface area contributed by atoms with Crippen LogP contribution in [0.4, 0.5) is 5.95 Å². The van der Waals surface area contributed by atoms with Gasteiger partial charge >= 0.3 is 0 Å². The van der Waals surface area contributed by atoms with Gasteiger partial charge in [0.05, 0.1) is 26.5 Å². The van der Waals surface area contributed by atoms with Crippen LogP contribution in [0.5, 0.6) is 11.5 Å². The first-order valence-corrected chi connectivity index (χ1v) is 12.9. The first-order chi connectivity index (χ1) is 19.3. The van der Waals surface area contributed by atoms with Gasteiger partial charge in [-0.3, -0.25) is 19.5 Å². The van der Waals surface area contributed by atoms with Crippen LogP contribution >= 0.6 is 0 Å². The van der Waals surface area contributed by atoms with Crippen LogP contribution in [-0.2, 0) is 9.53 Å². The molecule has 9 nitrogen and oxygen atoms in total. The Bertz CT molecular complexity index is 1480. The predicted octanol–water partition coefficient (Wildman–Crippen LogP) is 4.90. The molecule has 0 atom stereocenters. The summed E-state index contributed by atoms with van der Waals surface area (Å²) >= 11 is 0. The summed E-state index contributed by atoms with van der Waals surface area (Å²) in [4.78, 5) is 32.8. The first-order valence-electron chi connectivity index (χ1n) is 12.9. The van der Waals surface area contributed by atoms with Gasteiger partial charge in [0, 0.05) is 36.7 Å². The number of methoxy groups -OCH3 is 3. The summed E-state index contributed by atoms with van der Waals surface area (Å²) in [6.45, 7) is 4.42. The van der Waals surface area contributed by atoms with Crippen LogP contribution in [0.15, 0.2) is 72.9 Å². The maximum Gasteiger partial charge on any atom is 0.254 e. The van der Waals surface area contributed by atoms with E-state index in [1.54, 1.807) is 38.5 Å². The number of ether oxygens (including phenoxy) is 3. The Labute approximate surface area is 234 Å². The fraction of sp³-hybridized carbons (Fsp3) is 0.258. The van der Waals surface area contributed by atoms with Crippen LogP contribution in [0.1, 0.15) is 21.5 Å². The highest BCUT2D eigenvalue weighted by Gasteiger charge is 2.21. The molecular formula is C31H34N4O5. The number of hydrogen-bond donors (Lipinski definition) is 1. The van der Waals surface area contributed by atoms with Crippen LogP contribution in [0, 0.1) is 13.8 Å². The number of imidazole rings is 1. The molecule has 0 aliphatic heterocycles. The molecule has 3 aromatic carbocycles. The van der Waals surface area contributed by atoms with Gasteiger partial charge in [-0.1, -0.05) is 12.1 Å². The zero-order valence-corrected chi connectivity index (χ0v) is 23.4. The second-order valence-electron chi connectivity index (χ2n) is 9.32. The van der Waals surface area contributed by atoms with Crippen molar-refractivity contribution in [1.82, 2.24) is 14.5 Å². The van der Waals surface area contributed by atoms with Crippen LogP contribution < -0.4 is 14.8 Å². The van der Waals surface area contributed by atoms with Crippen LogP contribution in [-0.4, -0.2) is 67.3 Å². The Morgan fingerprint density at radius 2 is 1.65 bits per heavy atom. The van der Waals surface area contributed by atoms with Crippen LogP contribution in [0.3, 0.4) is 0 Å². The summed E-state index contributed by atoms with van der Waals surface area (Å²) in [6, 6.07) is 20.4.